The maximum Gasteiger partial charge on any atom is 0.191 e. The third-order valence-electron chi connectivity index (χ3n) is 3.95. The van der Waals surface area contributed by atoms with Crippen LogP contribution in [0.3, 0.4) is 0 Å². The molecule has 2 N–H and O–H groups in total. The van der Waals surface area contributed by atoms with E-state index in [1.54, 1.807) is 0 Å². The summed E-state index contributed by atoms with van der Waals surface area (Å²) in [6.45, 7) is 5.13. The van der Waals surface area contributed by atoms with Gasteiger partial charge in [0, 0.05) is 38.4 Å². The van der Waals surface area contributed by atoms with Crippen molar-refractivity contribution >= 4 is 11.6 Å². The van der Waals surface area contributed by atoms with E-state index in [1.165, 1.54) is 18.5 Å². The smallest absolute Gasteiger partial charge is 0.191 e. The third kappa shape index (κ3) is 5.10. The molecule has 2 rings (SSSR count). The minimum Gasteiger partial charge on any atom is -0.369 e. The van der Waals surface area contributed by atoms with Gasteiger partial charge in [-0.25, -0.2) is 0 Å². The van der Waals surface area contributed by atoms with Gasteiger partial charge in [-0.2, -0.15) is 0 Å². The molecule has 1 heterocycles. The summed E-state index contributed by atoms with van der Waals surface area (Å²) in [4.78, 5) is 6.78. The summed E-state index contributed by atoms with van der Waals surface area (Å²) in [5.41, 5.74) is 1.31. The van der Waals surface area contributed by atoms with Crippen LogP contribution in [0.2, 0.25) is 0 Å². The van der Waals surface area contributed by atoms with E-state index in [1.807, 2.05) is 14.0 Å². The van der Waals surface area contributed by atoms with E-state index >= 15 is 0 Å². The highest BCUT2D eigenvalue weighted by Gasteiger charge is 2.20. The molecular formula is C18H28N4. The van der Waals surface area contributed by atoms with Gasteiger partial charge in [0.05, 0.1) is 0 Å². The van der Waals surface area contributed by atoms with Crippen molar-refractivity contribution in [1.82, 2.24) is 10.6 Å². The number of anilines is 1. The van der Waals surface area contributed by atoms with Crippen LogP contribution in [-0.2, 0) is 0 Å². The van der Waals surface area contributed by atoms with Gasteiger partial charge in [-0.1, -0.05) is 30.4 Å². The van der Waals surface area contributed by atoms with Crippen molar-refractivity contribution in [3.8, 4) is 0 Å². The molecule has 1 unspecified atom stereocenters. The standard InChI is InChI=1S/C18H28N4/c1-3-4-8-13-20-18(19-2)21-16-10-9-14-22(15-16)17-11-6-5-7-12-17/h3-7,11-12,16H,8-10,13-15H2,1-2H3,(H2,19,20,21)/b4-3+. The average molecular weight is 300 g/mol. The number of guanidine groups is 1. The Morgan fingerprint density at radius 1 is 1.36 bits per heavy atom. The first-order valence-electron chi connectivity index (χ1n) is 8.22. The second kappa shape index (κ2) is 9.13. The van der Waals surface area contributed by atoms with E-state index in [0.717, 1.165) is 32.0 Å². The lowest BCUT2D eigenvalue weighted by Crippen LogP contribution is -2.51. The van der Waals surface area contributed by atoms with E-state index in [4.69, 9.17) is 0 Å². The van der Waals surface area contributed by atoms with Gasteiger partial charge >= 0.3 is 0 Å². The Morgan fingerprint density at radius 3 is 2.91 bits per heavy atom. The fourth-order valence-corrected chi connectivity index (χ4v) is 2.80. The second-order valence-electron chi connectivity index (χ2n) is 5.62. The highest BCUT2D eigenvalue weighted by molar-refractivity contribution is 5.80. The first-order chi connectivity index (χ1) is 10.8. The fraction of sp³-hybridized carbons (Fsp3) is 0.500. The van der Waals surface area contributed by atoms with Crippen molar-refractivity contribution in [2.24, 2.45) is 4.99 Å². The van der Waals surface area contributed by atoms with Crippen molar-refractivity contribution in [3.05, 3.63) is 42.5 Å². The molecule has 0 radical (unpaired) electrons. The SMILES string of the molecule is C/C=C/CCNC(=NC)NC1CCCN(c2ccccc2)C1. The van der Waals surface area contributed by atoms with Gasteiger partial charge in [0.15, 0.2) is 5.96 Å². The molecule has 4 heteroatoms. The Kier molecular flexibility index (Phi) is 6.81. The van der Waals surface area contributed by atoms with E-state index in [9.17, 15) is 0 Å². The number of hydrogen-bond donors (Lipinski definition) is 2. The normalized spacial score (nSPS) is 19.5. The monoisotopic (exact) mass is 300 g/mol. The number of hydrogen-bond acceptors (Lipinski definition) is 2. The van der Waals surface area contributed by atoms with Crippen LogP contribution in [0.25, 0.3) is 0 Å². The van der Waals surface area contributed by atoms with Crippen molar-refractivity contribution in [2.45, 2.75) is 32.2 Å². The van der Waals surface area contributed by atoms with Crippen molar-refractivity contribution in [1.29, 1.82) is 0 Å². The van der Waals surface area contributed by atoms with Crippen LogP contribution in [0.1, 0.15) is 26.2 Å². The molecule has 0 bridgehead atoms. The summed E-state index contributed by atoms with van der Waals surface area (Å²) in [6.07, 6.45) is 7.67. The molecule has 0 amide bonds. The average Bonchev–Trinajstić information content (AvgIpc) is 2.58. The van der Waals surface area contributed by atoms with Crippen LogP contribution >= 0.6 is 0 Å². The highest BCUT2D eigenvalue weighted by atomic mass is 15.2. The summed E-state index contributed by atoms with van der Waals surface area (Å²) >= 11 is 0. The molecule has 4 nitrogen and oxygen atoms in total. The van der Waals surface area contributed by atoms with E-state index in [0.29, 0.717) is 6.04 Å². The second-order valence-corrected chi connectivity index (χ2v) is 5.62. The molecule has 1 fully saturated rings. The maximum atomic E-state index is 4.33. The molecule has 1 atom stereocenters. The van der Waals surface area contributed by atoms with Gasteiger partial charge in [-0.3, -0.25) is 4.99 Å². The van der Waals surface area contributed by atoms with E-state index < -0.39 is 0 Å². The highest BCUT2D eigenvalue weighted by Crippen LogP contribution is 2.19. The molecule has 22 heavy (non-hydrogen) atoms. The first-order valence-corrected chi connectivity index (χ1v) is 8.22. The molecule has 0 aromatic heterocycles. The number of allylic oxidation sites excluding steroid dienone is 1. The minimum atomic E-state index is 0.446. The lowest BCUT2D eigenvalue weighted by Gasteiger charge is -2.35. The Bertz CT molecular complexity index is 481. The Labute approximate surface area is 134 Å². The van der Waals surface area contributed by atoms with Crippen LogP contribution in [-0.4, -0.2) is 38.7 Å². The molecule has 1 aliphatic heterocycles. The molecule has 1 aliphatic rings. The number of aliphatic imine (C=N–C) groups is 1. The zero-order chi connectivity index (χ0) is 15.6. The zero-order valence-corrected chi connectivity index (χ0v) is 13.8. The Morgan fingerprint density at radius 2 is 2.18 bits per heavy atom. The lowest BCUT2D eigenvalue weighted by atomic mass is 10.1. The van der Waals surface area contributed by atoms with Crippen molar-refractivity contribution in [2.75, 3.05) is 31.6 Å². The quantitative estimate of drug-likeness (QED) is 0.380. The fourth-order valence-electron chi connectivity index (χ4n) is 2.80. The van der Waals surface area contributed by atoms with Crippen LogP contribution in [0, 0.1) is 0 Å². The zero-order valence-electron chi connectivity index (χ0n) is 13.8. The number of benzene rings is 1. The summed E-state index contributed by atoms with van der Waals surface area (Å²) in [5.74, 6) is 0.907. The van der Waals surface area contributed by atoms with Crippen LogP contribution < -0.4 is 15.5 Å². The molecule has 120 valence electrons. The van der Waals surface area contributed by atoms with Crippen LogP contribution in [0.4, 0.5) is 5.69 Å². The molecule has 1 saturated heterocycles. The van der Waals surface area contributed by atoms with Gasteiger partial charge < -0.3 is 15.5 Å². The van der Waals surface area contributed by atoms with Gasteiger partial charge in [-0.05, 0) is 38.3 Å². The van der Waals surface area contributed by atoms with E-state index in [-0.39, 0.29) is 0 Å². The molecule has 1 aromatic rings. The third-order valence-corrected chi connectivity index (χ3v) is 3.95. The molecule has 1 aromatic carbocycles. The van der Waals surface area contributed by atoms with Gasteiger partial charge in [0.25, 0.3) is 0 Å². The molecule has 0 saturated carbocycles. The van der Waals surface area contributed by atoms with Crippen molar-refractivity contribution < 1.29 is 0 Å². The molecule has 0 spiro atoms. The molecular weight excluding hydrogens is 272 g/mol. The van der Waals surface area contributed by atoms with Crippen LogP contribution in [0.15, 0.2) is 47.5 Å². The van der Waals surface area contributed by atoms with Crippen molar-refractivity contribution in [3.63, 3.8) is 0 Å². The Balaban J connectivity index is 1.84. The maximum absolute atomic E-state index is 4.33. The number of rotatable bonds is 5. The number of piperidine rings is 1. The largest absolute Gasteiger partial charge is 0.369 e. The lowest BCUT2D eigenvalue weighted by molar-refractivity contribution is 0.468. The number of nitrogens with one attached hydrogen (secondary N) is 2. The summed E-state index contributed by atoms with van der Waals surface area (Å²) in [6, 6.07) is 11.1. The van der Waals surface area contributed by atoms with E-state index in [2.05, 4.69) is 63.0 Å². The first kappa shape index (κ1) is 16.4. The predicted octanol–water partition coefficient (Wildman–Crippen LogP) is 2.79. The predicted molar refractivity (Wildman–Crippen MR) is 95.6 cm³/mol. The van der Waals surface area contributed by atoms with Gasteiger partial charge in [0.2, 0.25) is 0 Å². The summed E-state index contributed by atoms with van der Waals surface area (Å²) in [7, 11) is 1.84. The van der Waals surface area contributed by atoms with Crippen LogP contribution in [0.5, 0.6) is 0 Å². The Hall–Kier alpha value is -1.97. The number of para-hydroxylation sites is 1. The number of nitrogens with zero attached hydrogens (tertiary/aromatic N) is 2. The minimum absolute atomic E-state index is 0.446. The van der Waals surface area contributed by atoms with Gasteiger partial charge in [0.1, 0.15) is 0 Å². The molecule has 0 aliphatic carbocycles. The topological polar surface area (TPSA) is 39.7 Å². The summed E-state index contributed by atoms with van der Waals surface area (Å²) < 4.78 is 0. The summed E-state index contributed by atoms with van der Waals surface area (Å²) in [5, 5.41) is 6.93. The van der Waals surface area contributed by atoms with Gasteiger partial charge in [-0.15, -0.1) is 0 Å².